The van der Waals surface area contributed by atoms with E-state index in [1.807, 2.05) is 0 Å². The van der Waals surface area contributed by atoms with E-state index in [1.54, 1.807) is 10.8 Å². The molecule has 0 atom stereocenters. The summed E-state index contributed by atoms with van der Waals surface area (Å²) in [5, 5.41) is 8.60. The highest BCUT2D eigenvalue weighted by Gasteiger charge is 2.22. The van der Waals surface area contributed by atoms with Gasteiger partial charge in [0.1, 0.15) is 22.2 Å². The first-order chi connectivity index (χ1) is 9.85. The highest BCUT2D eigenvalue weighted by atomic mass is 35.5. The molecule has 21 heavy (non-hydrogen) atoms. The monoisotopic (exact) mass is 328 g/mol. The molecule has 0 saturated heterocycles. The number of hydrogen-bond donors (Lipinski definition) is 1. The van der Waals surface area contributed by atoms with E-state index in [4.69, 9.17) is 16.9 Å². The molecular formula is C13H7ClF2N2O2S. The van der Waals surface area contributed by atoms with Crippen molar-refractivity contribution in [1.29, 1.82) is 5.26 Å². The molecule has 8 heteroatoms. The van der Waals surface area contributed by atoms with Gasteiger partial charge in [-0.15, -0.1) is 0 Å². The van der Waals surface area contributed by atoms with Crippen molar-refractivity contribution in [3.63, 3.8) is 0 Å². The van der Waals surface area contributed by atoms with Crippen LogP contribution < -0.4 is 4.72 Å². The van der Waals surface area contributed by atoms with Crippen molar-refractivity contribution in [2.24, 2.45) is 0 Å². The molecule has 0 radical (unpaired) electrons. The fourth-order valence-corrected chi connectivity index (χ4v) is 3.17. The molecule has 1 N–H and O–H groups in total. The molecule has 0 saturated carbocycles. The van der Waals surface area contributed by atoms with Crippen molar-refractivity contribution < 1.29 is 17.2 Å². The van der Waals surface area contributed by atoms with E-state index in [9.17, 15) is 17.2 Å². The van der Waals surface area contributed by atoms with Crippen LogP contribution in [0.1, 0.15) is 5.56 Å². The van der Waals surface area contributed by atoms with Gasteiger partial charge in [0.25, 0.3) is 10.0 Å². The van der Waals surface area contributed by atoms with Gasteiger partial charge in [-0.2, -0.15) is 5.26 Å². The van der Waals surface area contributed by atoms with E-state index in [2.05, 4.69) is 0 Å². The molecule has 0 spiro atoms. The summed E-state index contributed by atoms with van der Waals surface area (Å²) in [6.07, 6.45) is 0. The second-order valence-electron chi connectivity index (χ2n) is 3.96. The van der Waals surface area contributed by atoms with Crippen LogP contribution in [-0.4, -0.2) is 8.42 Å². The first-order valence-corrected chi connectivity index (χ1v) is 7.38. The zero-order chi connectivity index (χ0) is 15.6. The first-order valence-electron chi connectivity index (χ1n) is 5.51. The Hall–Kier alpha value is -2.17. The number of nitrogens with one attached hydrogen (secondary N) is 1. The average molecular weight is 329 g/mol. The number of hydrogen-bond acceptors (Lipinski definition) is 3. The average Bonchev–Trinajstić information content (AvgIpc) is 2.43. The fourth-order valence-electron chi connectivity index (χ4n) is 1.56. The smallest absolute Gasteiger partial charge is 0.263 e. The Bertz CT molecular complexity index is 827. The van der Waals surface area contributed by atoms with E-state index >= 15 is 0 Å². The molecule has 0 aliphatic carbocycles. The standard InChI is InChI=1S/C13H7ClF2N2O2S/c14-9-5-4-8(7-17)6-12(9)21(19,20)18-13-10(15)2-1-3-11(13)16/h1-6,18H. The van der Waals surface area contributed by atoms with E-state index in [-0.39, 0.29) is 10.6 Å². The number of benzene rings is 2. The SMILES string of the molecule is N#Cc1ccc(Cl)c(S(=O)(=O)Nc2c(F)cccc2F)c1. The lowest BCUT2D eigenvalue weighted by Crippen LogP contribution is -2.15. The van der Waals surface area contributed by atoms with Crippen molar-refractivity contribution in [2.45, 2.75) is 4.90 Å². The summed E-state index contributed by atoms with van der Waals surface area (Å²) in [5.74, 6) is -2.13. The van der Waals surface area contributed by atoms with Gasteiger partial charge in [0, 0.05) is 0 Å². The third kappa shape index (κ3) is 3.12. The number of nitriles is 1. The van der Waals surface area contributed by atoms with Crippen LogP contribution in [0.4, 0.5) is 14.5 Å². The second kappa shape index (κ2) is 5.68. The molecule has 0 aliphatic heterocycles. The summed E-state index contributed by atoms with van der Waals surface area (Å²) in [4.78, 5) is -0.439. The minimum absolute atomic E-state index is 0.0498. The topological polar surface area (TPSA) is 70.0 Å². The molecule has 0 bridgehead atoms. The van der Waals surface area contributed by atoms with Gasteiger partial charge in [-0.05, 0) is 30.3 Å². The Kier molecular flexibility index (Phi) is 4.11. The lowest BCUT2D eigenvalue weighted by atomic mass is 10.2. The third-order valence-electron chi connectivity index (χ3n) is 2.55. The van der Waals surface area contributed by atoms with Crippen LogP contribution in [0.3, 0.4) is 0 Å². The van der Waals surface area contributed by atoms with Crippen LogP contribution in [-0.2, 0) is 10.0 Å². The van der Waals surface area contributed by atoms with Crippen LogP contribution in [0.5, 0.6) is 0 Å². The van der Waals surface area contributed by atoms with Gasteiger partial charge in [0.05, 0.1) is 16.7 Å². The zero-order valence-electron chi connectivity index (χ0n) is 10.3. The van der Waals surface area contributed by atoms with Gasteiger partial charge in [-0.1, -0.05) is 17.7 Å². The summed E-state index contributed by atoms with van der Waals surface area (Å²) >= 11 is 5.77. The number of anilines is 1. The molecule has 2 aromatic carbocycles. The summed E-state index contributed by atoms with van der Waals surface area (Å²) in [6.45, 7) is 0. The minimum atomic E-state index is -4.33. The summed E-state index contributed by atoms with van der Waals surface area (Å²) < 4.78 is 53.1. The summed E-state index contributed by atoms with van der Waals surface area (Å²) in [6, 6.07) is 8.24. The molecule has 2 rings (SSSR count). The quantitative estimate of drug-likeness (QED) is 0.939. The highest BCUT2D eigenvalue weighted by Crippen LogP contribution is 2.27. The fraction of sp³-hybridized carbons (Fsp3) is 0. The zero-order valence-corrected chi connectivity index (χ0v) is 11.8. The Morgan fingerprint density at radius 3 is 2.33 bits per heavy atom. The van der Waals surface area contributed by atoms with Crippen molar-refractivity contribution in [3.8, 4) is 6.07 Å². The largest absolute Gasteiger partial charge is 0.274 e. The lowest BCUT2D eigenvalue weighted by molar-refractivity contribution is 0.583. The number of sulfonamides is 1. The number of halogens is 3. The van der Waals surface area contributed by atoms with Gasteiger partial charge in [0.2, 0.25) is 0 Å². The normalized spacial score (nSPS) is 11.0. The Balaban J connectivity index is 2.51. The number of rotatable bonds is 3. The molecule has 0 amide bonds. The van der Waals surface area contributed by atoms with Gasteiger partial charge in [0.15, 0.2) is 0 Å². The number of para-hydroxylation sites is 1. The first kappa shape index (κ1) is 15.2. The predicted octanol–water partition coefficient (Wildman–Crippen LogP) is 3.29. The second-order valence-corrected chi connectivity index (χ2v) is 6.02. The number of nitrogens with zero attached hydrogens (tertiary/aromatic N) is 1. The lowest BCUT2D eigenvalue weighted by Gasteiger charge is -2.11. The van der Waals surface area contributed by atoms with Crippen LogP contribution >= 0.6 is 11.6 Å². The van der Waals surface area contributed by atoms with Gasteiger partial charge >= 0.3 is 0 Å². The molecule has 0 aromatic heterocycles. The van der Waals surface area contributed by atoms with Crippen molar-refractivity contribution in [2.75, 3.05) is 4.72 Å². The van der Waals surface area contributed by atoms with E-state index in [0.29, 0.717) is 0 Å². The molecular weight excluding hydrogens is 322 g/mol. The molecule has 0 aliphatic rings. The summed E-state index contributed by atoms with van der Waals surface area (Å²) in [5.41, 5.74) is -0.760. The van der Waals surface area contributed by atoms with Crippen molar-refractivity contribution in [1.82, 2.24) is 0 Å². The minimum Gasteiger partial charge on any atom is -0.274 e. The molecule has 2 aromatic rings. The molecule has 108 valence electrons. The van der Waals surface area contributed by atoms with Gasteiger partial charge in [-0.3, -0.25) is 4.72 Å². The van der Waals surface area contributed by atoms with Crippen LogP contribution in [0.2, 0.25) is 5.02 Å². The van der Waals surface area contributed by atoms with Gasteiger partial charge in [-0.25, -0.2) is 17.2 Å². The molecule has 0 fully saturated rings. The maximum absolute atomic E-state index is 13.5. The van der Waals surface area contributed by atoms with E-state index in [1.165, 1.54) is 12.1 Å². The van der Waals surface area contributed by atoms with Crippen molar-refractivity contribution >= 4 is 27.3 Å². The third-order valence-corrected chi connectivity index (χ3v) is 4.38. The Morgan fingerprint density at radius 1 is 1.14 bits per heavy atom. The maximum Gasteiger partial charge on any atom is 0.263 e. The predicted molar refractivity (Wildman–Crippen MR) is 73.3 cm³/mol. The van der Waals surface area contributed by atoms with Crippen LogP contribution in [0, 0.1) is 23.0 Å². The Labute approximate surface area is 124 Å². The van der Waals surface area contributed by atoms with Crippen LogP contribution in [0.15, 0.2) is 41.3 Å². The van der Waals surface area contributed by atoms with Crippen molar-refractivity contribution in [3.05, 3.63) is 58.6 Å². The van der Waals surface area contributed by atoms with Gasteiger partial charge < -0.3 is 0 Å². The molecule has 0 unspecified atom stereocenters. The van der Waals surface area contributed by atoms with E-state index in [0.717, 1.165) is 24.3 Å². The Morgan fingerprint density at radius 2 is 1.76 bits per heavy atom. The molecule has 4 nitrogen and oxygen atoms in total. The van der Waals surface area contributed by atoms with Crippen LogP contribution in [0.25, 0.3) is 0 Å². The maximum atomic E-state index is 13.5. The summed E-state index contributed by atoms with van der Waals surface area (Å²) in [7, 11) is -4.33. The molecule has 0 heterocycles. The highest BCUT2D eigenvalue weighted by molar-refractivity contribution is 7.92. The van der Waals surface area contributed by atoms with E-state index < -0.39 is 32.2 Å².